The van der Waals surface area contributed by atoms with E-state index in [1.807, 2.05) is 20.8 Å². The van der Waals surface area contributed by atoms with Crippen molar-refractivity contribution >= 4 is 23.7 Å². The minimum Gasteiger partial charge on any atom is -0.478 e. The molecule has 2 atom stereocenters. The standard InChI is InChI=1S/C33H52FN7O3.C4H4O4/c1-9-41(24(4)5)32(42)27-17-26(34)12-13-29(27)44-31-30(35-22-36-37-31)39-16-14-33(19-39)20-40(21-33)28(23(2)3)11-10-15-38(7)25(6)18-43-8;5-3(6)1-2-4(7)8/h12-13,17,22-25,28H,9-11,14-16,18-21H2,1-8H3;1-2H,(H,5,6)(H,7,8)/b;2-1+. The van der Waals surface area contributed by atoms with E-state index in [9.17, 15) is 18.8 Å². The molecular weight excluding hydrogens is 673 g/mol. The van der Waals surface area contributed by atoms with E-state index in [0.717, 1.165) is 52.2 Å². The van der Waals surface area contributed by atoms with Crippen molar-refractivity contribution < 1.29 is 38.5 Å². The number of hydrogen-bond acceptors (Lipinski definition) is 11. The van der Waals surface area contributed by atoms with Gasteiger partial charge in [0.2, 0.25) is 0 Å². The van der Waals surface area contributed by atoms with Gasteiger partial charge in [0.15, 0.2) is 5.82 Å². The van der Waals surface area contributed by atoms with Crippen molar-refractivity contribution in [2.45, 2.75) is 78.9 Å². The molecule has 0 bridgehead atoms. The molecule has 15 heteroatoms. The Kier molecular flexibility index (Phi) is 15.9. The molecule has 2 fully saturated rings. The van der Waals surface area contributed by atoms with E-state index in [1.54, 1.807) is 12.0 Å². The fourth-order valence-corrected chi connectivity index (χ4v) is 6.94. The summed E-state index contributed by atoms with van der Waals surface area (Å²) in [6.07, 6.45) is 5.95. The third-order valence-electron chi connectivity index (χ3n) is 9.77. The van der Waals surface area contributed by atoms with Crippen LogP contribution in [0.4, 0.5) is 10.2 Å². The molecule has 52 heavy (non-hydrogen) atoms. The zero-order valence-corrected chi connectivity index (χ0v) is 31.8. The van der Waals surface area contributed by atoms with Crippen LogP contribution in [0.25, 0.3) is 0 Å². The molecular formula is C37H56FN7O7. The number of carbonyl (C=O) groups excluding carboxylic acids is 1. The number of carboxylic acids is 2. The zero-order chi connectivity index (χ0) is 38.6. The first-order valence-corrected chi connectivity index (χ1v) is 17.9. The largest absolute Gasteiger partial charge is 0.478 e. The molecule has 3 heterocycles. The monoisotopic (exact) mass is 729 g/mol. The van der Waals surface area contributed by atoms with Gasteiger partial charge in [0.25, 0.3) is 11.8 Å². The van der Waals surface area contributed by atoms with Crippen molar-refractivity contribution in [3.63, 3.8) is 0 Å². The van der Waals surface area contributed by atoms with Gasteiger partial charge in [-0.2, -0.15) is 0 Å². The van der Waals surface area contributed by atoms with Crippen molar-refractivity contribution in [2.75, 3.05) is 64.9 Å². The molecule has 2 saturated heterocycles. The van der Waals surface area contributed by atoms with Crippen LogP contribution < -0.4 is 9.64 Å². The van der Waals surface area contributed by atoms with Crippen LogP contribution in [0.3, 0.4) is 0 Å². The molecule has 2 unspecified atom stereocenters. The lowest BCUT2D eigenvalue weighted by molar-refractivity contribution is -0.134. The van der Waals surface area contributed by atoms with E-state index in [4.69, 9.17) is 19.7 Å². The number of methoxy groups -OCH3 is 1. The van der Waals surface area contributed by atoms with Gasteiger partial charge < -0.3 is 34.4 Å². The molecule has 2 aromatic rings. The summed E-state index contributed by atoms with van der Waals surface area (Å²) >= 11 is 0. The van der Waals surface area contributed by atoms with Crippen LogP contribution in [0.2, 0.25) is 0 Å². The molecule has 0 radical (unpaired) electrons. The van der Waals surface area contributed by atoms with E-state index < -0.39 is 17.8 Å². The number of aromatic nitrogens is 3. The van der Waals surface area contributed by atoms with Crippen molar-refractivity contribution in [2.24, 2.45) is 11.3 Å². The number of likely N-dealkylation sites (tertiary alicyclic amines) is 1. The van der Waals surface area contributed by atoms with Gasteiger partial charge in [0, 0.05) is 75.5 Å². The molecule has 288 valence electrons. The van der Waals surface area contributed by atoms with Crippen LogP contribution in [0.15, 0.2) is 36.7 Å². The number of carbonyl (C=O) groups is 3. The minimum absolute atomic E-state index is 0.0404. The Bertz CT molecular complexity index is 1500. The van der Waals surface area contributed by atoms with Crippen molar-refractivity contribution in [3.05, 3.63) is 48.1 Å². The van der Waals surface area contributed by atoms with E-state index in [1.165, 1.54) is 30.9 Å². The van der Waals surface area contributed by atoms with Gasteiger partial charge in [-0.25, -0.2) is 19.0 Å². The first-order chi connectivity index (χ1) is 24.6. The minimum atomic E-state index is -1.26. The SMILES string of the molecule is CCN(C(=O)c1cc(F)ccc1Oc1nncnc1N1CCC2(C1)CN(C(CCCN(C)C(C)COC)C(C)C)C2)C(C)C.O=C(O)/C=C/C(=O)O. The molecule has 0 saturated carbocycles. The van der Waals surface area contributed by atoms with Crippen molar-refractivity contribution in [1.29, 1.82) is 0 Å². The maximum Gasteiger partial charge on any atom is 0.328 e. The molecule has 14 nitrogen and oxygen atoms in total. The van der Waals surface area contributed by atoms with Gasteiger partial charge in [0.05, 0.1) is 12.2 Å². The smallest absolute Gasteiger partial charge is 0.328 e. The second kappa shape index (κ2) is 19.6. The Morgan fingerprint density at radius 1 is 1.08 bits per heavy atom. The molecule has 4 rings (SSSR count). The fourth-order valence-electron chi connectivity index (χ4n) is 6.94. The van der Waals surface area contributed by atoms with Crippen molar-refractivity contribution in [1.82, 2.24) is 29.9 Å². The average molecular weight is 730 g/mol. The summed E-state index contributed by atoms with van der Waals surface area (Å²) in [7, 11) is 3.94. The highest BCUT2D eigenvalue weighted by molar-refractivity contribution is 5.97. The third-order valence-corrected chi connectivity index (χ3v) is 9.77. The van der Waals surface area contributed by atoms with Gasteiger partial charge in [0.1, 0.15) is 17.9 Å². The van der Waals surface area contributed by atoms with E-state index in [0.29, 0.717) is 42.5 Å². The number of hydrogen-bond donors (Lipinski definition) is 2. The highest BCUT2D eigenvalue weighted by Crippen LogP contribution is 2.44. The number of nitrogens with zero attached hydrogens (tertiary/aromatic N) is 7. The summed E-state index contributed by atoms with van der Waals surface area (Å²) in [6.45, 7) is 18.8. The summed E-state index contributed by atoms with van der Waals surface area (Å²) in [6, 6.07) is 4.93. The number of carboxylic acid groups (broad SMARTS) is 2. The molecule has 0 aliphatic carbocycles. The third kappa shape index (κ3) is 11.7. The second-order valence-electron chi connectivity index (χ2n) is 14.3. The topological polar surface area (TPSA) is 162 Å². The van der Waals surface area contributed by atoms with Gasteiger partial charge in [-0.1, -0.05) is 13.8 Å². The van der Waals surface area contributed by atoms with E-state index in [2.05, 4.69) is 57.7 Å². The predicted molar refractivity (Wildman–Crippen MR) is 195 cm³/mol. The summed E-state index contributed by atoms with van der Waals surface area (Å²) < 4.78 is 25.8. The molecule has 1 amide bonds. The number of aliphatic carboxylic acids is 2. The number of halogens is 1. The quantitative estimate of drug-likeness (QED) is 0.216. The summed E-state index contributed by atoms with van der Waals surface area (Å²) in [5.41, 5.74) is 0.360. The number of anilines is 1. The number of rotatable bonds is 17. The van der Waals surface area contributed by atoms with Crippen LogP contribution in [-0.4, -0.2) is 136 Å². The molecule has 2 aliphatic rings. The van der Waals surface area contributed by atoms with Crippen LogP contribution in [0, 0.1) is 17.2 Å². The highest BCUT2D eigenvalue weighted by Gasteiger charge is 2.50. The van der Waals surface area contributed by atoms with Crippen LogP contribution in [-0.2, 0) is 14.3 Å². The number of benzene rings is 1. The van der Waals surface area contributed by atoms with Crippen LogP contribution in [0.5, 0.6) is 11.6 Å². The summed E-state index contributed by atoms with van der Waals surface area (Å²) in [5, 5.41) is 23.8. The molecule has 1 aromatic carbocycles. The summed E-state index contributed by atoms with van der Waals surface area (Å²) in [5.74, 6) is -1.65. The Morgan fingerprint density at radius 2 is 1.75 bits per heavy atom. The molecule has 1 spiro atoms. The first kappa shape index (κ1) is 42.2. The number of likely N-dealkylation sites (N-methyl/N-ethyl adjacent to an activating group) is 1. The van der Waals surface area contributed by atoms with Gasteiger partial charge in [-0.3, -0.25) is 9.69 Å². The number of amides is 1. The molecule has 1 aromatic heterocycles. The van der Waals surface area contributed by atoms with E-state index in [-0.39, 0.29) is 34.6 Å². The Hall–Kier alpha value is -4.21. The second-order valence-corrected chi connectivity index (χ2v) is 14.3. The summed E-state index contributed by atoms with van der Waals surface area (Å²) in [4.78, 5) is 45.9. The maximum atomic E-state index is 14.3. The lowest BCUT2D eigenvalue weighted by Gasteiger charge is -2.53. The van der Waals surface area contributed by atoms with Crippen LogP contribution >= 0.6 is 0 Å². The zero-order valence-electron chi connectivity index (χ0n) is 31.8. The molecule has 2 aliphatic heterocycles. The lowest BCUT2D eigenvalue weighted by atomic mass is 9.76. The Labute approximate surface area is 306 Å². The lowest BCUT2D eigenvalue weighted by Crippen LogP contribution is -2.62. The normalized spacial score (nSPS) is 16.6. The van der Waals surface area contributed by atoms with Gasteiger partial charge in [-0.15, -0.1) is 10.2 Å². The van der Waals surface area contributed by atoms with Crippen molar-refractivity contribution in [3.8, 4) is 11.6 Å². The van der Waals surface area contributed by atoms with Gasteiger partial charge in [-0.05, 0) is 84.7 Å². The van der Waals surface area contributed by atoms with Gasteiger partial charge >= 0.3 is 11.9 Å². The van der Waals surface area contributed by atoms with Crippen LogP contribution in [0.1, 0.15) is 71.2 Å². The number of ether oxygens (including phenoxy) is 2. The predicted octanol–water partition coefficient (Wildman–Crippen LogP) is 4.67. The molecule has 2 N–H and O–H groups in total. The van der Waals surface area contributed by atoms with E-state index >= 15 is 0 Å². The Balaban J connectivity index is 0.000000815. The maximum absolute atomic E-state index is 14.3. The fraction of sp³-hybridized carbons (Fsp3) is 0.622. The Morgan fingerprint density at radius 3 is 2.33 bits per heavy atom. The first-order valence-electron chi connectivity index (χ1n) is 17.9. The highest BCUT2D eigenvalue weighted by atomic mass is 19.1. The average Bonchev–Trinajstić information content (AvgIpc) is 3.52.